The summed E-state index contributed by atoms with van der Waals surface area (Å²) in [7, 11) is 0. The minimum absolute atomic E-state index is 0.114. The largest absolute Gasteiger partial charge is 0.477 e. The molecule has 0 spiro atoms. The van der Waals surface area contributed by atoms with Crippen molar-refractivity contribution in [3.8, 4) is 0 Å². The summed E-state index contributed by atoms with van der Waals surface area (Å²) in [5, 5.41) is 225. The third-order valence-electron chi connectivity index (χ3n) is 23.6. The van der Waals surface area contributed by atoms with Crippen molar-refractivity contribution in [3.05, 3.63) is 12.2 Å². The van der Waals surface area contributed by atoms with E-state index >= 15 is 0 Å². The van der Waals surface area contributed by atoms with Crippen molar-refractivity contribution in [2.45, 2.75) is 435 Å². The van der Waals surface area contributed by atoms with E-state index < -0.39 is 284 Å². The molecule has 6 saturated heterocycles. The van der Waals surface area contributed by atoms with E-state index in [1.54, 1.807) is 6.08 Å². The second kappa shape index (κ2) is 56.5. The lowest BCUT2D eigenvalue weighted by atomic mass is 9.88. The Balaban J connectivity index is 1.25. The van der Waals surface area contributed by atoms with Gasteiger partial charge in [0.25, 0.3) is 5.79 Å². The van der Waals surface area contributed by atoms with Gasteiger partial charge < -0.3 is 175 Å². The number of unbranched alkanes of at least 4 members (excludes halogenated alkanes) is 27. The number of nitrogens with one attached hydrogen (secondary N) is 4. The number of amides is 4. The molecule has 123 heavy (non-hydrogen) atoms. The summed E-state index contributed by atoms with van der Waals surface area (Å²) in [6.07, 6.45) is -23.6. The zero-order valence-corrected chi connectivity index (χ0v) is 71.9. The molecule has 0 bridgehead atoms. The number of carbonyl (C=O) groups excluding carboxylic acids is 4. The SMILES string of the molecule is CCCCCCCCCCCCC/C=C/[C@@H](O)[C@H](CO[C@@H]1OC(CO)[C@@H](O[C@@H]2OC(CO)[C@H](O[C@@H]3OC(CO)[C@H](O)[C@H](O[C@@H]4OC(CO)[C@H](O[C@@H]5OC(CO)[C@H](O)[C@H](O)C5NC(C)=O)[C@H](O)C4O)C3NC(C)=O)[C@H](O[C@]3(C(=O)O)CC(O)[C@@H](NC(C)=O)C([C@H](O)[C@H](O)CO)O3)C2O)[C@H](O)C1O)NC(=O)CCCCCCCCCCCCCCCCCCC. The van der Waals surface area contributed by atoms with Crippen molar-refractivity contribution < 1.29 is 178 Å². The lowest BCUT2D eigenvalue weighted by Crippen LogP contribution is -2.72. The number of carboxylic acid groups (broad SMARTS) is 1. The molecule has 6 heterocycles. The van der Waals surface area contributed by atoms with Crippen molar-refractivity contribution >= 4 is 29.6 Å². The van der Waals surface area contributed by atoms with Crippen LogP contribution < -0.4 is 21.3 Å². The molecule has 0 aliphatic carbocycles. The van der Waals surface area contributed by atoms with Crippen LogP contribution in [0.5, 0.6) is 0 Å². The van der Waals surface area contributed by atoms with Gasteiger partial charge >= 0.3 is 5.97 Å². The fourth-order valence-corrected chi connectivity index (χ4v) is 16.6. The van der Waals surface area contributed by atoms with Gasteiger partial charge in [0, 0.05) is 33.6 Å². The minimum atomic E-state index is -3.44. The van der Waals surface area contributed by atoms with Crippen LogP contribution in [0.4, 0.5) is 0 Å². The van der Waals surface area contributed by atoms with Gasteiger partial charge in [-0.1, -0.05) is 193 Å². The normalized spacial score (nSPS) is 35.4. The van der Waals surface area contributed by atoms with Crippen molar-refractivity contribution in [2.75, 3.05) is 46.2 Å². The van der Waals surface area contributed by atoms with Gasteiger partial charge in [0.15, 0.2) is 31.5 Å². The Labute approximate surface area is 719 Å². The predicted molar refractivity (Wildman–Crippen MR) is 432 cm³/mol. The second-order valence-corrected chi connectivity index (χ2v) is 33.5. The van der Waals surface area contributed by atoms with Gasteiger partial charge in [0.2, 0.25) is 23.6 Å². The van der Waals surface area contributed by atoms with E-state index in [1.807, 2.05) is 0 Å². The third-order valence-corrected chi connectivity index (χ3v) is 23.6. The van der Waals surface area contributed by atoms with Gasteiger partial charge in [0.05, 0.1) is 70.5 Å². The first-order valence-corrected chi connectivity index (χ1v) is 44.6. The summed E-state index contributed by atoms with van der Waals surface area (Å²) in [4.78, 5) is 65.9. The topological polar surface area (TPSA) is 629 Å². The number of ether oxygens (including phenoxy) is 12. The quantitative estimate of drug-likeness (QED) is 0.0225. The van der Waals surface area contributed by atoms with Crippen LogP contribution in [-0.4, -0.2) is 375 Å². The number of allylic oxidation sites excluding steroid dienone is 1. The molecule has 0 aromatic rings. The van der Waals surface area contributed by atoms with E-state index in [0.29, 0.717) is 12.8 Å². The van der Waals surface area contributed by atoms with E-state index in [0.717, 1.165) is 85.0 Å². The molecule has 4 amide bonds. The Kier molecular flexibility index (Phi) is 49.4. The molecule has 0 radical (unpaired) electrons. The van der Waals surface area contributed by atoms with Crippen molar-refractivity contribution in [3.63, 3.8) is 0 Å². The monoisotopic (exact) mass is 1780 g/mol. The molecule has 0 aromatic heterocycles. The van der Waals surface area contributed by atoms with E-state index in [2.05, 4.69) is 35.1 Å². The van der Waals surface area contributed by atoms with E-state index in [4.69, 9.17) is 56.8 Å². The first kappa shape index (κ1) is 108. The fourth-order valence-electron chi connectivity index (χ4n) is 16.6. The first-order valence-electron chi connectivity index (χ1n) is 44.6. The number of hydrogen-bond acceptors (Lipinski definition) is 35. The summed E-state index contributed by atoms with van der Waals surface area (Å²) in [6.45, 7) is 0.0111. The first-order chi connectivity index (χ1) is 58.9. The molecule has 12 unspecified atom stereocenters. The number of aliphatic hydroxyl groups is 18. The molecule has 23 N–H and O–H groups in total. The number of carboxylic acids is 1. The van der Waals surface area contributed by atoms with Gasteiger partial charge in [-0.2, -0.15) is 0 Å². The Morgan fingerprint density at radius 1 is 0.423 bits per heavy atom. The van der Waals surface area contributed by atoms with Crippen LogP contribution in [0.25, 0.3) is 0 Å². The van der Waals surface area contributed by atoms with E-state index in [9.17, 15) is 121 Å². The maximum atomic E-state index is 14.0. The van der Waals surface area contributed by atoms with Gasteiger partial charge in [-0.3, -0.25) is 19.2 Å². The zero-order valence-electron chi connectivity index (χ0n) is 71.9. The van der Waals surface area contributed by atoms with E-state index in [1.165, 1.54) is 115 Å². The smallest absolute Gasteiger partial charge is 0.364 e. The number of rotatable bonds is 58. The van der Waals surface area contributed by atoms with Crippen LogP contribution in [0.15, 0.2) is 12.2 Å². The summed E-state index contributed by atoms with van der Waals surface area (Å²) >= 11 is 0. The highest BCUT2D eigenvalue weighted by Crippen LogP contribution is 2.42. The number of aliphatic hydroxyl groups excluding tert-OH is 18. The molecule has 33 atom stereocenters. The van der Waals surface area contributed by atoms with Gasteiger partial charge in [0.1, 0.15) is 140 Å². The lowest BCUT2D eigenvalue weighted by molar-refractivity contribution is -0.404. The van der Waals surface area contributed by atoms with Crippen LogP contribution >= 0.6 is 0 Å². The van der Waals surface area contributed by atoms with Crippen molar-refractivity contribution in [2.24, 2.45) is 0 Å². The van der Waals surface area contributed by atoms with Crippen LogP contribution in [0.3, 0.4) is 0 Å². The summed E-state index contributed by atoms with van der Waals surface area (Å²) in [6, 6.07) is -6.62. The average molecular weight is 1780 g/mol. The lowest BCUT2D eigenvalue weighted by Gasteiger charge is -2.53. The Morgan fingerprint density at radius 2 is 0.813 bits per heavy atom. The maximum absolute atomic E-state index is 14.0. The third kappa shape index (κ3) is 32.7. The molecular weight excluding hydrogens is 1630 g/mol. The fraction of sp³-hybridized carbons (Fsp3) is 0.916. The molecule has 6 aliphatic rings. The van der Waals surface area contributed by atoms with Crippen LogP contribution in [0, 0.1) is 0 Å². The van der Waals surface area contributed by atoms with E-state index in [-0.39, 0.29) is 6.42 Å². The number of carbonyl (C=O) groups is 5. The second-order valence-electron chi connectivity index (χ2n) is 33.5. The summed E-state index contributed by atoms with van der Waals surface area (Å²) in [5.74, 6) is -8.70. The number of hydrogen-bond donors (Lipinski definition) is 23. The molecule has 0 saturated carbocycles. The summed E-state index contributed by atoms with van der Waals surface area (Å²) < 4.78 is 72.6. The summed E-state index contributed by atoms with van der Waals surface area (Å²) in [5.41, 5.74) is 0. The van der Waals surface area contributed by atoms with Crippen LogP contribution in [0.1, 0.15) is 234 Å². The molecule has 6 rings (SSSR count). The van der Waals surface area contributed by atoms with Crippen LogP contribution in [-0.2, 0) is 80.8 Å². The molecule has 40 heteroatoms. The molecule has 6 fully saturated rings. The molecule has 6 aliphatic heterocycles. The number of aliphatic carboxylic acids is 1. The standard InChI is InChI=1S/C83H148N4O36/c1-6-8-10-12-14-16-18-20-21-22-23-25-27-29-31-33-35-37-58(100)87-49(50(97)36-34-32-30-28-26-24-19-17-15-13-11-9-7-2)45-112-79-68(107)66(105)72(55(42-91)115-79)119-81-70(109)76(123-83(82(110)111)38-51(98)59(84-46(3)94)75(122-83)62(101)52(99)39-88)73(57(44-93)117-81)120-78-61(86-48(5)96)74(64(103)54(41-90)114-78)121-80-69(108)67(106)71(56(43-92)116-80)118-77-60(85-47(4)95)65(104)63(102)53(40-89)113-77/h34,36,49-57,59-81,88-93,97-99,101-109H,6-33,35,37-45H2,1-5H3,(H,84,94)(H,85,95)(H,86,96)(H,87,100)(H,110,111)/b36-34+/t49-,50+,51?,52+,53?,54?,55?,56?,57?,59+,60?,61?,62+,63-,64-,65+,66+,67+,68?,69?,70?,71-,72+,73-,74+,75?,76+,77-,78-,79+,80-,81-,83-/m0/s1. The predicted octanol–water partition coefficient (Wildman–Crippen LogP) is -2.29. The highest BCUT2D eigenvalue weighted by atomic mass is 16.8. The Hall–Kier alpha value is -4.11. The zero-order chi connectivity index (χ0) is 90.5. The maximum Gasteiger partial charge on any atom is 0.364 e. The minimum Gasteiger partial charge on any atom is -0.477 e. The van der Waals surface area contributed by atoms with Crippen LogP contribution in [0.2, 0.25) is 0 Å². The molecule has 0 aromatic carbocycles. The molecule has 716 valence electrons. The van der Waals surface area contributed by atoms with Crippen molar-refractivity contribution in [1.29, 1.82) is 0 Å². The highest BCUT2D eigenvalue weighted by molar-refractivity contribution is 5.77. The highest BCUT2D eigenvalue weighted by Gasteiger charge is 2.63. The average Bonchev–Trinajstić information content (AvgIpc) is 0.743. The van der Waals surface area contributed by atoms with Gasteiger partial charge in [-0.15, -0.1) is 0 Å². The Bertz CT molecular complexity index is 3000. The van der Waals surface area contributed by atoms with Crippen molar-refractivity contribution in [1.82, 2.24) is 21.3 Å². The van der Waals surface area contributed by atoms with Gasteiger partial charge in [-0.25, -0.2) is 4.79 Å². The molecule has 40 nitrogen and oxygen atoms in total. The van der Waals surface area contributed by atoms with Gasteiger partial charge in [-0.05, 0) is 19.3 Å². The Morgan fingerprint density at radius 3 is 1.28 bits per heavy atom. The molecular formula is C83H148N4O36.